The molecule has 0 bridgehead atoms. The zero-order valence-electron chi connectivity index (χ0n) is 17.0. The van der Waals surface area contributed by atoms with E-state index in [1.54, 1.807) is 27.6 Å². The van der Waals surface area contributed by atoms with Gasteiger partial charge < -0.3 is 9.72 Å². The summed E-state index contributed by atoms with van der Waals surface area (Å²) in [5.74, 6) is 0.835. The topological polar surface area (TPSA) is 58.2 Å². The molecule has 1 saturated heterocycles. The molecule has 4 aromatic rings. The Morgan fingerprint density at radius 1 is 1.23 bits per heavy atom. The summed E-state index contributed by atoms with van der Waals surface area (Å²) in [7, 11) is 0. The third-order valence-corrected chi connectivity index (χ3v) is 8.00. The summed E-state index contributed by atoms with van der Waals surface area (Å²) in [5.41, 5.74) is 2.59. The second-order valence-electron chi connectivity index (χ2n) is 8.58. The Morgan fingerprint density at radius 3 is 2.80 bits per heavy atom. The molecule has 0 spiro atoms. The maximum absolute atomic E-state index is 12.6. The van der Waals surface area contributed by atoms with Crippen molar-refractivity contribution in [2.24, 2.45) is 0 Å². The molecule has 156 valence electrons. The molecule has 30 heavy (non-hydrogen) atoms. The van der Waals surface area contributed by atoms with E-state index in [2.05, 4.69) is 51.2 Å². The van der Waals surface area contributed by atoms with Crippen molar-refractivity contribution in [1.82, 2.24) is 14.9 Å². The molecule has 1 atom stereocenters. The van der Waals surface area contributed by atoms with Crippen LogP contribution in [0.5, 0.6) is 0 Å². The van der Waals surface area contributed by atoms with E-state index in [1.165, 1.54) is 19.8 Å². The fourth-order valence-corrected chi connectivity index (χ4v) is 6.90. The van der Waals surface area contributed by atoms with Crippen LogP contribution >= 0.6 is 38.6 Å². The molecule has 8 heteroatoms. The number of aromatic nitrogens is 2. The zero-order chi connectivity index (χ0) is 21.0. The number of ether oxygens (including phenoxy) is 1. The van der Waals surface area contributed by atoms with Crippen molar-refractivity contribution in [2.75, 3.05) is 6.54 Å². The van der Waals surface area contributed by atoms with Crippen LogP contribution in [0.2, 0.25) is 0 Å². The molecule has 1 aliphatic heterocycles. The number of likely N-dealkylation sites (tertiary alicyclic amines) is 1. The van der Waals surface area contributed by atoms with Crippen LogP contribution in [-0.2, 0) is 4.74 Å². The summed E-state index contributed by atoms with van der Waals surface area (Å²) in [6.45, 7) is 6.38. The van der Waals surface area contributed by atoms with Gasteiger partial charge in [0.1, 0.15) is 11.4 Å². The number of aromatic amines is 1. The van der Waals surface area contributed by atoms with Crippen molar-refractivity contribution in [3.63, 3.8) is 0 Å². The molecule has 0 radical (unpaired) electrons. The first-order valence-corrected chi connectivity index (χ1v) is 12.4. The summed E-state index contributed by atoms with van der Waals surface area (Å²) in [6, 6.07) is 10.7. The van der Waals surface area contributed by atoms with Gasteiger partial charge in [0.05, 0.1) is 20.9 Å². The lowest BCUT2D eigenvalue weighted by molar-refractivity contribution is 0.0219. The standard InChI is InChI=1S/C22H22BrN3O2S2/c1-22(2,3)28-21(27)26-8-4-5-15(26)20-24-13-7-6-12(9-14(13)25-20)16-10-17-18(29-16)11-19(23)30-17/h6-7,9-11,15H,4-5,8H2,1-3H3,(H,24,25)/t15-/m0/s1. The molecule has 1 aliphatic rings. The Kier molecular flexibility index (Phi) is 4.91. The number of amides is 1. The van der Waals surface area contributed by atoms with E-state index in [1.807, 2.05) is 20.8 Å². The van der Waals surface area contributed by atoms with Gasteiger partial charge in [0.25, 0.3) is 0 Å². The first-order valence-electron chi connectivity index (χ1n) is 9.95. The number of H-pyrrole nitrogens is 1. The smallest absolute Gasteiger partial charge is 0.410 e. The van der Waals surface area contributed by atoms with E-state index >= 15 is 0 Å². The van der Waals surface area contributed by atoms with Crippen LogP contribution in [0.3, 0.4) is 0 Å². The Bertz CT molecular complexity index is 1220. The van der Waals surface area contributed by atoms with Gasteiger partial charge in [-0.15, -0.1) is 22.7 Å². The number of hydrogen-bond donors (Lipinski definition) is 1. The SMILES string of the molecule is CC(C)(C)OC(=O)N1CCC[C@H]1c1nc2ccc(-c3cc4sc(Br)cc4s3)cc2[nH]1. The van der Waals surface area contributed by atoms with Crippen LogP contribution < -0.4 is 0 Å². The average molecular weight is 504 g/mol. The van der Waals surface area contributed by atoms with E-state index in [4.69, 9.17) is 9.72 Å². The predicted molar refractivity (Wildman–Crippen MR) is 127 cm³/mol. The predicted octanol–water partition coefficient (Wildman–Crippen LogP) is 7.34. The monoisotopic (exact) mass is 503 g/mol. The summed E-state index contributed by atoms with van der Waals surface area (Å²) < 4.78 is 9.36. The van der Waals surface area contributed by atoms with E-state index in [-0.39, 0.29) is 12.1 Å². The molecule has 1 N–H and O–H groups in total. The van der Waals surface area contributed by atoms with Gasteiger partial charge in [0, 0.05) is 20.8 Å². The van der Waals surface area contributed by atoms with Crippen LogP contribution in [0.1, 0.15) is 45.5 Å². The summed E-state index contributed by atoms with van der Waals surface area (Å²) in [6.07, 6.45) is 1.58. The second kappa shape index (κ2) is 7.35. The van der Waals surface area contributed by atoms with Crippen molar-refractivity contribution in [1.29, 1.82) is 0 Å². The maximum atomic E-state index is 12.6. The number of benzene rings is 1. The molecule has 4 heterocycles. The van der Waals surface area contributed by atoms with Crippen molar-refractivity contribution < 1.29 is 9.53 Å². The fraction of sp³-hybridized carbons (Fsp3) is 0.364. The minimum absolute atomic E-state index is 0.0693. The Labute approximate surface area is 191 Å². The van der Waals surface area contributed by atoms with Gasteiger partial charge >= 0.3 is 6.09 Å². The lowest BCUT2D eigenvalue weighted by atomic mass is 10.1. The maximum Gasteiger partial charge on any atom is 0.410 e. The molecular formula is C22H22BrN3O2S2. The average Bonchev–Trinajstić information content (AvgIpc) is 3.40. The van der Waals surface area contributed by atoms with Gasteiger partial charge in [-0.25, -0.2) is 9.78 Å². The van der Waals surface area contributed by atoms with Gasteiger partial charge in [0.15, 0.2) is 0 Å². The largest absolute Gasteiger partial charge is 0.444 e. The Hall–Kier alpha value is -1.90. The van der Waals surface area contributed by atoms with Crippen molar-refractivity contribution in [3.05, 3.63) is 39.9 Å². The van der Waals surface area contributed by atoms with Gasteiger partial charge in [-0.2, -0.15) is 0 Å². The van der Waals surface area contributed by atoms with E-state index in [9.17, 15) is 4.79 Å². The number of carbonyl (C=O) groups is 1. The molecule has 5 nitrogen and oxygen atoms in total. The minimum atomic E-state index is -0.503. The van der Waals surface area contributed by atoms with Crippen LogP contribution in [0.4, 0.5) is 4.79 Å². The Morgan fingerprint density at radius 2 is 2.03 bits per heavy atom. The van der Waals surface area contributed by atoms with Crippen LogP contribution in [-0.4, -0.2) is 33.1 Å². The van der Waals surface area contributed by atoms with E-state index in [0.29, 0.717) is 6.54 Å². The number of thiophene rings is 2. The van der Waals surface area contributed by atoms with Gasteiger partial charge in [-0.1, -0.05) is 6.07 Å². The van der Waals surface area contributed by atoms with E-state index in [0.717, 1.165) is 33.5 Å². The molecule has 1 aromatic carbocycles. The van der Waals surface area contributed by atoms with Crippen LogP contribution in [0.15, 0.2) is 34.1 Å². The zero-order valence-corrected chi connectivity index (χ0v) is 20.2. The van der Waals surface area contributed by atoms with Crippen LogP contribution in [0, 0.1) is 0 Å². The Balaban J connectivity index is 1.44. The molecule has 0 unspecified atom stereocenters. The fourth-order valence-electron chi connectivity index (χ4n) is 3.88. The number of fused-ring (bicyclic) bond motifs is 2. The second-order valence-corrected chi connectivity index (χ2v) is 12.1. The number of halogens is 1. The number of hydrogen-bond acceptors (Lipinski definition) is 5. The lowest BCUT2D eigenvalue weighted by Gasteiger charge is -2.27. The summed E-state index contributed by atoms with van der Waals surface area (Å²) in [4.78, 5) is 24.0. The molecule has 5 rings (SSSR count). The number of rotatable bonds is 2. The van der Waals surface area contributed by atoms with Crippen molar-refractivity contribution in [2.45, 2.75) is 45.3 Å². The summed E-state index contributed by atoms with van der Waals surface area (Å²) >= 11 is 7.11. The molecular weight excluding hydrogens is 482 g/mol. The van der Waals surface area contributed by atoms with Crippen molar-refractivity contribution >= 4 is 65.1 Å². The van der Waals surface area contributed by atoms with Gasteiger partial charge in [-0.05, 0) is 79.4 Å². The highest BCUT2D eigenvalue weighted by molar-refractivity contribution is 9.11. The van der Waals surface area contributed by atoms with Crippen molar-refractivity contribution in [3.8, 4) is 10.4 Å². The first kappa shape index (κ1) is 20.0. The highest BCUT2D eigenvalue weighted by atomic mass is 79.9. The van der Waals surface area contributed by atoms with Gasteiger partial charge in [0.2, 0.25) is 0 Å². The molecule has 3 aromatic heterocycles. The number of imidazole rings is 1. The van der Waals surface area contributed by atoms with E-state index < -0.39 is 5.60 Å². The number of carbonyl (C=O) groups excluding carboxylic acids is 1. The first-order chi connectivity index (χ1) is 14.3. The third kappa shape index (κ3) is 3.76. The molecule has 0 saturated carbocycles. The molecule has 0 aliphatic carbocycles. The van der Waals surface area contributed by atoms with Crippen LogP contribution in [0.25, 0.3) is 30.9 Å². The number of nitrogens with zero attached hydrogens (tertiary/aromatic N) is 2. The highest BCUT2D eigenvalue weighted by Crippen LogP contribution is 2.41. The quantitative estimate of drug-likeness (QED) is 0.311. The highest BCUT2D eigenvalue weighted by Gasteiger charge is 2.34. The third-order valence-electron chi connectivity index (χ3n) is 5.16. The van der Waals surface area contributed by atoms with Gasteiger partial charge in [-0.3, -0.25) is 4.90 Å². The summed E-state index contributed by atoms with van der Waals surface area (Å²) in [5, 5.41) is 0. The minimum Gasteiger partial charge on any atom is -0.444 e. The molecule has 1 amide bonds. The molecule has 1 fully saturated rings. The number of nitrogens with one attached hydrogen (secondary N) is 1. The normalized spacial score (nSPS) is 17.3. The lowest BCUT2D eigenvalue weighted by Crippen LogP contribution is -2.36.